The SMILES string of the molecule is C=CCC(O)C(=O)OCCC(C)C. The molecule has 1 unspecified atom stereocenters. The van der Waals surface area contributed by atoms with Crippen molar-refractivity contribution < 1.29 is 14.6 Å². The van der Waals surface area contributed by atoms with Crippen LogP contribution in [-0.4, -0.2) is 23.8 Å². The molecule has 0 aliphatic rings. The van der Waals surface area contributed by atoms with E-state index in [1.807, 2.05) is 13.8 Å². The van der Waals surface area contributed by atoms with Crippen LogP contribution < -0.4 is 0 Å². The molecule has 0 aromatic heterocycles. The van der Waals surface area contributed by atoms with Crippen molar-refractivity contribution in [2.75, 3.05) is 6.61 Å². The minimum absolute atomic E-state index is 0.251. The molecule has 0 spiro atoms. The van der Waals surface area contributed by atoms with Crippen LogP contribution in [0.2, 0.25) is 0 Å². The van der Waals surface area contributed by atoms with E-state index in [1.165, 1.54) is 6.08 Å². The molecule has 0 radical (unpaired) electrons. The van der Waals surface area contributed by atoms with E-state index >= 15 is 0 Å². The second-order valence-electron chi connectivity index (χ2n) is 3.39. The van der Waals surface area contributed by atoms with E-state index < -0.39 is 12.1 Å². The van der Waals surface area contributed by atoms with E-state index in [4.69, 9.17) is 9.84 Å². The van der Waals surface area contributed by atoms with Crippen LogP contribution in [0.15, 0.2) is 12.7 Å². The van der Waals surface area contributed by atoms with Gasteiger partial charge in [-0.1, -0.05) is 19.9 Å². The van der Waals surface area contributed by atoms with Crippen molar-refractivity contribution in [2.24, 2.45) is 5.92 Å². The molecule has 1 N–H and O–H groups in total. The van der Waals surface area contributed by atoms with Crippen LogP contribution in [0.1, 0.15) is 26.7 Å². The van der Waals surface area contributed by atoms with Gasteiger partial charge in [0.05, 0.1) is 6.61 Å². The van der Waals surface area contributed by atoms with Crippen molar-refractivity contribution in [3.05, 3.63) is 12.7 Å². The van der Waals surface area contributed by atoms with Crippen LogP contribution in [0.3, 0.4) is 0 Å². The van der Waals surface area contributed by atoms with E-state index in [-0.39, 0.29) is 6.42 Å². The number of ether oxygens (including phenoxy) is 1. The van der Waals surface area contributed by atoms with Gasteiger partial charge in [0.25, 0.3) is 0 Å². The lowest BCUT2D eigenvalue weighted by Gasteiger charge is -2.09. The van der Waals surface area contributed by atoms with Crippen LogP contribution in [0.4, 0.5) is 0 Å². The predicted octanol–water partition coefficient (Wildman–Crippen LogP) is 1.51. The summed E-state index contributed by atoms with van der Waals surface area (Å²) in [7, 11) is 0. The number of carbonyl (C=O) groups is 1. The molecule has 0 heterocycles. The smallest absolute Gasteiger partial charge is 0.335 e. The monoisotopic (exact) mass is 186 g/mol. The lowest BCUT2D eigenvalue weighted by molar-refractivity contribution is -0.153. The average Bonchev–Trinajstić information content (AvgIpc) is 2.04. The number of aliphatic hydroxyl groups excluding tert-OH is 1. The van der Waals surface area contributed by atoms with Gasteiger partial charge in [0, 0.05) is 6.42 Å². The van der Waals surface area contributed by atoms with Gasteiger partial charge in [0.2, 0.25) is 0 Å². The fourth-order valence-corrected chi connectivity index (χ4v) is 0.746. The van der Waals surface area contributed by atoms with Crippen molar-refractivity contribution >= 4 is 5.97 Å². The number of carbonyl (C=O) groups excluding carboxylic acids is 1. The second-order valence-corrected chi connectivity index (χ2v) is 3.39. The zero-order valence-electron chi connectivity index (χ0n) is 8.32. The van der Waals surface area contributed by atoms with Crippen LogP contribution >= 0.6 is 0 Å². The first-order valence-corrected chi connectivity index (χ1v) is 4.53. The summed E-state index contributed by atoms with van der Waals surface area (Å²) in [6.07, 6.45) is 1.52. The normalized spacial score (nSPS) is 12.6. The number of hydrogen-bond donors (Lipinski definition) is 1. The van der Waals surface area contributed by atoms with Gasteiger partial charge < -0.3 is 9.84 Å². The highest BCUT2D eigenvalue weighted by Crippen LogP contribution is 2.01. The van der Waals surface area contributed by atoms with E-state index in [2.05, 4.69) is 6.58 Å². The molecule has 3 nitrogen and oxygen atoms in total. The maximum absolute atomic E-state index is 11.0. The Morgan fingerprint density at radius 1 is 1.62 bits per heavy atom. The van der Waals surface area contributed by atoms with Crippen molar-refractivity contribution in [1.82, 2.24) is 0 Å². The molecular weight excluding hydrogens is 168 g/mol. The summed E-state index contributed by atoms with van der Waals surface area (Å²) < 4.78 is 4.83. The van der Waals surface area contributed by atoms with Gasteiger partial charge in [-0.2, -0.15) is 0 Å². The van der Waals surface area contributed by atoms with Crippen LogP contribution in [0.25, 0.3) is 0 Å². The summed E-state index contributed by atoms with van der Waals surface area (Å²) in [5, 5.41) is 9.14. The molecule has 0 aromatic carbocycles. The highest BCUT2D eigenvalue weighted by atomic mass is 16.5. The molecule has 0 amide bonds. The third-order valence-corrected chi connectivity index (χ3v) is 1.60. The molecule has 13 heavy (non-hydrogen) atoms. The largest absolute Gasteiger partial charge is 0.464 e. The minimum Gasteiger partial charge on any atom is -0.464 e. The zero-order chi connectivity index (χ0) is 10.3. The Hall–Kier alpha value is -0.830. The maximum atomic E-state index is 11.0. The van der Waals surface area contributed by atoms with Gasteiger partial charge in [0.15, 0.2) is 6.10 Å². The first-order chi connectivity index (χ1) is 6.07. The van der Waals surface area contributed by atoms with Crippen molar-refractivity contribution in [1.29, 1.82) is 0 Å². The number of esters is 1. The summed E-state index contributed by atoms with van der Waals surface area (Å²) >= 11 is 0. The van der Waals surface area contributed by atoms with E-state index in [9.17, 15) is 4.79 Å². The number of aliphatic hydroxyl groups is 1. The minimum atomic E-state index is -1.05. The van der Waals surface area contributed by atoms with E-state index in [1.54, 1.807) is 0 Å². The standard InChI is InChI=1S/C10H18O3/c1-4-5-9(11)10(12)13-7-6-8(2)3/h4,8-9,11H,1,5-7H2,2-3H3. The summed E-state index contributed by atoms with van der Waals surface area (Å²) in [4.78, 5) is 11.0. The Morgan fingerprint density at radius 2 is 2.23 bits per heavy atom. The van der Waals surface area contributed by atoms with E-state index in [0.29, 0.717) is 12.5 Å². The Bertz CT molecular complexity index is 164. The predicted molar refractivity (Wildman–Crippen MR) is 51.2 cm³/mol. The van der Waals surface area contributed by atoms with Gasteiger partial charge in [0.1, 0.15) is 0 Å². The van der Waals surface area contributed by atoms with Crippen LogP contribution in [-0.2, 0) is 9.53 Å². The second kappa shape index (κ2) is 6.66. The lowest BCUT2D eigenvalue weighted by atomic mass is 10.1. The first kappa shape index (κ1) is 12.2. The summed E-state index contributed by atoms with van der Waals surface area (Å²) in [5.41, 5.74) is 0. The molecule has 0 fully saturated rings. The Labute approximate surface area is 79.4 Å². The Balaban J connectivity index is 3.55. The molecule has 0 aromatic rings. The summed E-state index contributed by atoms with van der Waals surface area (Å²) in [6.45, 7) is 7.90. The van der Waals surface area contributed by atoms with E-state index in [0.717, 1.165) is 6.42 Å². The highest BCUT2D eigenvalue weighted by Gasteiger charge is 2.14. The molecular formula is C10H18O3. The van der Waals surface area contributed by atoms with Crippen LogP contribution in [0.5, 0.6) is 0 Å². The van der Waals surface area contributed by atoms with Gasteiger partial charge >= 0.3 is 5.97 Å². The average molecular weight is 186 g/mol. The Morgan fingerprint density at radius 3 is 2.69 bits per heavy atom. The topological polar surface area (TPSA) is 46.5 Å². The molecule has 0 saturated heterocycles. The Kier molecular flexibility index (Phi) is 6.24. The molecule has 1 atom stereocenters. The molecule has 0 aliphatic heterocycles. The van der Waals surface area contributed by atoms with Crippen LogP contribution in [0, 0.1) is 5.92 Å². The third-order valence-electron chi connectivity index (χ3n) is 1.60. The molecule has 0 aliphatic carbocycles. The molecule has 0 saturated carbocycles. The summed E-state index contributed by atoms with van der Waals surface area (Å²) in [6, 6.07) is 0. The quantitative estimate of drug-likeness (QED) is 0.505. The van der Waals surface area contributed by atoms with Gasteiger partial charge in [-0.3, -0.25) is 0 Å². The molecule has 76 valence electrons. The first-order valence-electron chi connectivity index (χ1n) is 4.53. The zero-order valence-corrected chi connectivity index (χ0v) is 8.32. The fraction of sp³-hybridized carbons (Fsp3) is 0.700. The highest BCUT2D eigenvalue weighted by molar-refractivity contribution is 5.74. The number of rotatable bonds is 6. The molecule has 0 bridgehead atoms. The van der Waals surface area contributed by atoms with Gasteiger partial charge in [-0.25, -0.2) is 4.79 Å². The van der Waals surface area contributed by atoms with Crippen molar-refractivity contribution in [3.63, 3.8) is 0 Å². The summed E-state index contributed by atoms with van der Waals surface area (Å²) in [5.74, 6) is -0.0510. The lowest BCUT2D eigenvalue weighted by Crippen LogP contribution is -2.23. The number of hydrogen-bond acceptors (Lipinski definition) is 3. The molecule has 0 rings (SSSR count). The fourth-order valence-electron chi connectivity index (χ4n) is 0.746. The van der Waals surface area contributed by atoms with Gasteiger partial charge in [-0.05, 0) is 12.3 Å². The maximum Gasteiger partial charge on any atom is 0.335 e. The van der Waals surface area contributed by atoms with Crippen molar-refractivity contribution in [3.8, 4) is 0 Å². The molecule has 3 heteroatoms. The van der Waals surface area contributed by atoms with Gasteiger partial charge in [-0.15, -0.1) is 6.58 Å². The third kappa shape index (κ3) is 6.34. The van der Waals surface area contributed by atoms with Crippen molar-refractivity contribution in [2.45, 2.75) is 32.8 Å².